The van der Waals surface area contributed by atoms with Gasteiger partial charge < -0.3 is 34.1 Å². The molecule has 11 nitrogen and oxygen atoms in total. The van der Waals surface area contributed by atoms with E-state index in [1.807, 2.05) is 133 Å². The van der Waals surface area contributed by atoms with Gasteiger partial charge in [-0.15, -0.1) is 0 Å². The van der Waals surface area contributed by atoms with Crippen LogP contribution < -0.4 is 16.0 Å². The average Bonchev–Trinajstić information content (AvgIpc) is 3.11. The Bertz CT molecular complexity index is 1410. The molecule has 53 heavy (non-hydrogen) atoms. The van der Waals surface area contributed by atoms with Crippen molar-refractivity contribution in [3.8, 4) is 0 Å². The molecule has 0 saturated heterocycles. The maximum atomic E-state index is 13.2. The van der Waals surface area contributed by atoms with Gasteiger partial charge in [0.15, 0.2) is 0 Å². The van der Waals surface area contributed by atoms with Gasteiger partial charge in [0.05, 0.1) is 69.3 Å². The monoisotopic (exact) mass is 733 g/mol. The number of esters is 2. The molecule has 2 unspecified atom stereocenters. The van der Waals surface area contributed by atoms with E-state index in [0.29, 0.717) is 13.0 Å². The summed E-state index contributed by atoms with van der Waals surface area (Å²) in [4.78, 5) is 26.4. The summed E-state index contributed by atoms with van der Waals surface area (Å²) in [6.07, 6.45) is -1.42. The van der Waals surface area contributed by atoms with E-state index in [1.165, 1.54) is 0 Å². The fourth-order valence-corrected chi connectivity index (χ4v) is 6.36. The largest absolute Gasteiger partial charge is 0.459 e. The quantitative estimate of drug-likeness (QED) is 0.101. The molecule has 6 atom stereocenters. The summed E-state index contributed by atoms with van der Waals surface area (Å²) in [7, 11) is 0. The Balaban J connectivity index is 1.80. The summed E-state index contributed by atoms with van der Waals surface area (Å²) in [5.41, 5.74) is 1.54. The number of aliphatic hydroxyl groups is 1. The first-order valence-corrected chi connectivity index (χ1v) is 18.5. The molecule has 1 saturated carbocycles. The Hall–Kier alpha value is -3.68. The maximum absolute atomic E-state index is 13.2. The molecule has 3 aromatic rings. The molecule has 1 aliphatic rings. The molecular weight excluding hydrogens is 674 g/mol. The second-order valence-electron chi connectivity index (χ2n) is 15.3. The lowest BCUT2D eigenvalue weighted by Crippen LogP contribution is -2.75. The van der Waals surface area contributed by atoms with E-state index < -0.39 is 59.6 Å². The third-order valence-corrected chi connectivity index (χ3v) is 8.50. The Morgan fingerprint density at radius 1 is 0.547 bits per heavy atom. The summed E-state index contributed by atoms with van der Waals surface area (Å²) in [5, 5.41) is 20.3. The van der Waals surface area contributed by atoms with E-state index >= 15 is 0 Å². The number of hydrogen-bond donors (Lipinski definition) is 4. The Morgan fingerprint density at radius 3 is 1.17 bits per heavy atom. The van der Waals surface area contributed by atoms with Gasteiger partial charge in [-0.05, 0) is 71.2 Å². The van der Waals surface area contributed by atoms with Crippen LogP contribution in [0.1, 0.15) is 64.7 Å². The number of benzene rings is 3. The second kappa shape index (κ2) is 20.7. The van der Waals surface area contributed by atoms with Gasteiger partial charge in [0.2, 0.25) is 0 Å². The molecular formula is C42H59N3O8. The van der Waals surface area contributed by atoms with Crippen LogP contribution in [-0.4, -0.2) is 90.9 Å². The molecule has 290 valence electrons. The van der Waals surface area contributed by atoms with Crippen molar-refractivity contribution in [3.05, 3.63) is 108 Å². The molecule has 4 rings (SSSR count). The normalized spacial score (nSPS) is 21.9. The Kier molecular flexibility index (Phi) is 16.4. The maximum Gasteiger partial charge on any atom is 0.320 e. The van der Waals surface area contributed by atoms with Crippen LogP contribution in [0.15, 0.2) is 91.0 Å². The summed E-state index contributed by atoms with van der Waals surface area (Å²) in [6, 6.07) is 27.9. The molecule has 11 heteroatoms. The molecule has 0 spiro atoms. The molecule has 4 N–H and O–H groups in total. The lowest BCUT2D eigenvalue weighted by atomic mass is 9.78. The summed E-state index contributed by atoms with van der Waals surface area (Å²) < 4.78 is 31.9. The van der Waals surface area contributed by atoms with Gasteiger partial charge in [-0.25, -0.2) is 0 Å². The predicted molar refractivity (Wildman–Crippen MR) is 204 cm³/mol. The zero-order valence-electron chi connectivity index (χ0n) is 32.1. The highest BCUT2D eigenvalue weighted by atomic mass is 16.6. The molecule has 0 radical (unpaired) electrons. The first-order valence-electron chi connectivity index (χ1n) is 18.5. The van der Waals surface area contributed by atoms with Gasteiger partial charge in [0.25, 0.3) is 0 Å². The molecule has 0 aliphatic heterocycles. The smallest absolute Gasteiger partial charge is 0.320 e. The molecule has 0 bridgehead atoms. The van der Waals surface area contributed by atoms with Crippen LogP contribution in [0.4, 0.5) is 0 Å². The minimum atomic E-state index is -0.683. The molecule has 0 heterocycles. The first-order chi connectivity index (χ1) is 25.3. The van der Waals surface area contributed by atoms with Crippen LogP contribution in [0.5, 0.6) is 0 Å². The lowest BCUT2D eigenvalue weighted by molar-refractivity contribution is -0.170. The summed E-state index contributed by atoms with van der Waals surface area (Å²) in [5.74, 6) is -0.849. The van der Waals surface area contributed by atoms with E-state index in [2.05, 4.69) is 16.0 Å². The highest BCUT2D eigenvalue weighted by Crippen LogP contribution is 2.31. The van der Waals surface area contributed by atoms with Crippen molar-refractivity contribution in [3.63, 3.8) is 0 Å². The van der Waals surface area contributed by atoms with Crippen LogP contribution in [-0.2, 0) is 53.1 Å². The van der Waals surface area contributed by atoms with Crippen molar-refractivity contribution in [1.29, 1.82) is 0 Å². The van der Waals surface area contributed by atoms with Gasteiger partial charge in [-0.3, -0.25) is 20.2 Å². The van der Waals surface area contributed by atoms with Crippen LogP contribution in [0.3, 0.4) is 0 Å². The van der Waals surface area contributed by atoms with E-state index in [-0.39, 0.29) is 39.5 Å². The predicted octanol–water partition coefficient (Wildman–Crippen LogP) is 4.70. The van der Waals surface area contributed by atoms with Crippen molar-refractivity contribution in [2.75, 3.05) is 26.2 Å². The number of carbonyl (C=O) groups is 2. The molecule has 0 aromatic heterocycles. The van der Waals surface area contributed by atoms with Crippen molar-refractivity contribution in [1.82, 2.24) is 16.0 Å². The number of rotatable bonds is 19. The van der Waals surface area contributed by atoms with Crippen LogP contribution >= 0.6 is 0 Å². The number of carbonyl (C=O) groups excluding carboxylic acids is 2. The third-order valence-electron chi connectivity index (χ3n) is 8.50. The highest BCUT2D eigenvalue weighted by molar-refractivity contribution is 5.72. The Morgan fingerprint density at radius 2 is 0.868 bits per heavy atom. The van der Waals surface area contributed by atoms with Gasteiger partial charge >= 0.3 is 11.9 Å². The third kappa shape index (κ3) is 14.6. The fraction of sp³-hybridized carbons (Fsp3) is 0.524. The SMILES string of the molecule is CC(C)(C)OC(=O)CN[C@@H]1C(OCc2ccccc2)[C@H](NCC(=O)OC(C)(C)C)[C@H](OCc2ccccc2)C(NCCCO)[C@@H]1OCc1ccccc1. The van der Waals surface area contributed by atoms with Crippen LogP contribution in [0, 0.1) is 0 Å². The number of aliphatic hydroxyl groups excluding tert-OH is 1. The van der Waals surface area contributed by atoms with E-state index in [1.54, 1.807) is 0 Å². The fourth-order valence-electron chi connectivity index (χ4n) is 6.36. The van der Waals surface area contributed by atoms with E-state index in [9.17, 15) is 14.7 Å². The van der Waals surface area contributed by atoms with Crippen molar-refractivity contribution in [2.45, 2.75) is 115 Å². The zero-order valence-corrected chi connectivity index (χ0v) is 32.1. The number of hydrogen-bond acceptors (Lipinski definition) is 11. The van der Waals surface area contributed by atoms with Crippen molar-refractivity contribution >= 4 is 11.9 Å². The molecule has 0 amide bonds. The van der Waals surface area contributed by atoms with Gasteiger partial charge in [-0.1, -0.05) is 91.0 Å². The summed E-state index contributed by atoms with van der Waals surface area (Å²) in [6.45, 7) is 12.0. The minimum Gasteiger partial charge on any atom is -0.459 e. The lowest BCUT2D eigenvalue weighted by Gasteiger charge is -2.51. The molecule has 3 aromatic carbocycles. The van der Waals surface area contributed by atoms with Crippen molar-refractivity contribution < 1.29 is 38.4 Å². The van der Waals surface area contributed by atoms with E-state index in [0.717, 1.165) is 16.7 Å². The summed E-state index contributed by atoms with van der Waals surface area (Å²) >= 11 is 0. The number of ether oxygens (including phenoxy) is 5. The minimum absolute atomic E-state index is 0.00570. The standard InChI is InChI=1S/C42H59N3O8/c1-41(2,3)52-33(47)25-44-36-38(49-27-30-17-10-7-11-18-30)35(43-23-16-24-46)39(50-28-31-19-12-8-13-20-31)37(45-26-34(48)53-42(4,5)6)40(36)51-29-32-21-14-9-15-22-32/h7-15,17-22,35-40,43-46H,16,23-29H2,1-6H3/t35?,36-,37+,38-,39+,40?. The molecule has 1 aliphatic carbocycles. The number of nitrogens with one attached hydrogen (secondary N) is 3. The van der Waals surface area contributed by atoms with Gasteiger partial charge in [0, 0.05) is 6.61 Å². The van der Waals surface area contributed by atoms with Gasteiger partial charge in [-0.2, -0.15) is 0 Å². The van der Waals surface area contributed by atoms with E-state index in [4.69, 9.17) is 23.7 Å². The Labute approximate surface area is 315 Å². The molecule has 1 fully saturated rings. The van der Waals surface area contributed by atoms with Gasteiger partial charge in [0.1, 0.15) is 11.2 Å². The second-order valence-corrected chi connectivity index (χ2v) is 15.3. The van der Waals surface area contributed by atoms with Crippen molar-refractivity contribution in [2.24, 2.45) is 0 Å². The highest BCUT2D eigenvalue weighted by Gasteiger charge is 2.53. The topological polar surface area (TPSA) is 137 Å². The first kappa shape index (κ1) is 42.1. The average molecular weight is 734 g/mol. The zero-order chi connectivity index (χ0) is 38.3. The van der Waals surface area contributed by atoms with Crippen LogP contribution in [0.25, 0.3) is 0 Å². The van der Waals surface area contributed by atoms with Crippen LogP contribution in [0.2, 0.25) is 0 Å².